The number of hydrogen-bond donors (Lipinski definition) is 0. The maximum absolute atomic E-state index is 12.6. The number of fused-ring (bicyclic) bond motifs is 1. The minimum Gasteiger partial charge on any atom is -0.255 e. The van der Waals surface area contributed by atoms with Crippen molar-refractivity contribution >= 4 is 28.1 Å². The van der Waals surface area contributed by atoms with E-state index >= 15 is 0 Å². The monoisotopic (exact) mass is 199 g/mol. The van der Waals surface area contributed by atoms with Crippen LogP contribution in [0.5, 0.6) is 0 Å². The molecule has 0 aliphatic carbocycles. The quantitative estimate of drug-likeness (QED) is 0.608. The van der Waals surface area contributed by atoms with Crippen molar-refractivity contribution in [2.24, 2.45) is 0 Å². The molecule has 0 amide bonds. The van der Waals surface area contributed by atoms with E-state index in [1.165, 1.54) is 12.4 Å². The topological polar surface area (TPSA) is 47.8 Å². The first-order valence-electron chi connectivity index (χ1n) is 3.37. The van der Waals surface area contributed by atoms with Crippen LogP contribution in [0.3, 0.4) is 0 Å². The standard InChI is InChI=1S/C7H3ClFN3O/c8-7(13)12-3-11-5-1-4(9)2-10-6(5)12/h1-3H. The van der Waals surface area contributed by atoms with Gasteiger partial charge in [-0.05, 0) is 11.6 Å². The van der Waals surface area contributed by atoms with Gasteiger partial charge in [0.05, 0.1) is 6.20 Å². The molecule has 2 aromatic rings. The molecule has 0 bridgehead atoms. The molecule has 0 unspecified atom stereocenters. The van der Waals surface area contributed by atoms with E-state index in [2.05, 4.69) is 9.97 Å². The molecule has 0 saturated carbocycles. The molecule has 2 aromatic heterocycles. The van der Waals surface area contributed by atoms with Crippen LogP contribution in [-0.2, 0) is 0 Å². The minimum absolute atomic E-state index is 0.251. The number of pyridine rings is 1. The zero-order valence-electron chi connectivity index (χ0n) is 6.24. The second-order valence-electron chi connectivity index (χ2n) is 2.36. The second-order valence-corrected chi connectivity index (χ2v) is 2.69. The fourth-order valence-electron chi connectivity index (χ4n) is 1.01. The third-order valence-electron chi connectivity index (χ3n) is 1.54. The summed E-state index contributed by atoms with van der Waals surface area (Å²) in [5.41, 5.74) is 0.551. The maximum atomic E-state index is 12.6. The van der Waals surface area contributed by atoms with Crippen molar-refractivity contribution in [3.8, 4) is 0 Å². The van der Waals surface area contributed by atoms with Gasteiger partial charge in [0, 0.05) is 6.07 Å². The van der Waals surface area contributed by atoms with Gasteiger partial charge in [-0.25, -0.2) is 18.9 Å². The van der Waals surface area contributed by atoms with E-state index in [4.69, 9.17) is 11.6 Å². The highest BCUT2D eigenvalue weighted by Gasteiger charge is 2.08. The van der Waals surface area contributed by atoms with Crippen molar-refractivity contribution in [1.82, 2.24) is 14.5 Å². The van der Waals surface area contributed by atoms with Gasteiger partial charge in [0.25, 0.3) is 0 Å². The average Bonchev–Trinajstić information content (AvgIpc) is 2.46. The fraction of sp³-hybridized carbons (Fsp3) is 0. The van der Waals surface area contributed by atoms with E-state index < -0.39 is 11.2 Å². The highest BCUT2D eigenvalue weighted by molar-refractivity contribution is 6.63. The van der Waals surface area contributed by atoms with Gasteiger partial charge >= 0.3 is 5.37 Å². The number of aromatic nitrogens is 3. The number of imidazole rings is 1. The normalized spacial score (nSPS) is 10.6. The summed E-state index contributed by atoms with van der Waals surface area (Å²) < 4.78 is 13.7. The Hall–Kier alpha value is -1.49. The van der Waals surface area contributed by atoms with E-state index in [0.29, 0.717) is 5.52 Å². The Kier molecular flexibility index (Phi) is 1.73. The molecule has 2 heterocycles. The number of carbonyl (C=O) groups is 1. The van der Waals surface area contributed by atoms with Gasteiger partial charge in [0.2, 0.25) is 0 Å². The number of carbonyl (C=O) groups excluding carboxylic acids is 1. The molecule has 13 heavy (non-hydrogen) atoms. The van der Waals surface area contributed by atoms with Crippen LogP contribution in [-0.4, -0.2) is 19.9 Å². The van der Waals surface area contributed by atoms with Crippen LogP contribution in [0.4, 0.5) is 9.18 Å². The van der Waals surface area contributed by atoms with Crippen LogP contribution in [0.1, 0.15) is 0 Å². The molecule has 0 N–H and O–H groups in total. The SMILES string of the molecule is O=C(Cl)n1cnc2cc(F)cnc21. The van der Waals surface area contributed by atoms with Crippen LogP contribution >= 0.6 is 11.6 Å². The third kappa shape index (κ3) is 1.27. The van der Waals surface area contributed by atoms with Crippen LogP contribution in [0.15, 0.2) is 18.6 Å². The molecule has 0 saturated heterocycles. The molecule has 0 aliphatic rings. The second kappa shape index (κ2) is 2.77. The minimum atomic E-state index is -0.721. The van der Waals surface area contributed by atoms with Crippen molar-refractivity contribution in [3.05, 3.63) is 24.4 Å². The highest BCUT2D eigenvalue weighted by Crippen LogP contribution is 2.11. The largest absolute Gasteiger partial charge is 0.327 e. The molecule has 6 heteroatoms. The Morgan fingerprint density at radius 2 is 2.31 bits per heavy atom. The number of nitrogens with zero attached hydrogens (tertiary/aromatic N) is 3. The van der Waals surface area contributed by atoms with Gasteiger partial charge in [-0.3, -0.25) is 4.79 Å². The summed E-state index contributed by atoms with van der Waals surface area (Å²) in [5.74, 6) is -0.500. The van der Waals surface area contributed by atoms with Crippen molar-refractivity contribution < 1.29 is 9.18 Å². The molecule has 0 fully saturated rings. The predicted octanol–water partition coefficient (Wildman–Crippen LogP) is 1.78. The predicted molar refractivity (Wildman–Crippen MR) is 44.1 cm³/mol. The summed E-state index contributed by atoms with van der Waals surface area (Å²) in [6.45, 7) is 0. The van der Waals surface area contributed by atoms with E-state index in [1.807, 2.05) is 0 Å². The van der Waals surface area contributed by atoms with Gasteiger partial charge < -0.3 is 0 Å². The van der Waals surface area contributed by atoms with Gasteiger partial charge in [-0.1, -0.05) is 0 Å². The molecule has 0 spiro atoms. The lowest BCUT2D eigenvalue weighted by Crippen LogP contribution is -2.00. The molecule has 0 radical (unpaired) electrons. The van der Waals surface area contributed by atoms with Crippen molar-refractivity contribution in [1.29, 1.82) is 0 Å². The lowest BCUT2D eigenvalue weighted by atomic mass is 10.4. The lowest BCUT2D eigenvalue weighted by molar-refractivity contribution is 0.261. The van der Waals surface area contributed by atoms with Crippen LogP contribution in [0.2, 0.25) is 0 Å². The third-order valence-corrected chi connectivity index (χ3v) is 1.73. The van der Waals surface area contributed by atoms with Crippen LogP contribution in [0, 0.1) is 5.82 Å². The molecule has 0 aromatic carbocycles. The molecular formula is C7H3ClFN3O. The zero-order valence-corrected chi connectivity index (χ0v) is 6.99. The summed E-state index contributed by atoms with van der Waals surface area (Å²) in [6, 6.07) is 1.18. The van der Waals surface area contributed by atoms with Gasteiger partial charge in [-0.15, -0.1) is 0 Å². The summed E-state index contributed by atoms with van der Waals surface area (Å²) in [5, 5.41) is -0.721. The Bertz CT molecular complexity index is 482. The van der Waals surface area contributed by atoms with Crippen molar-refractivity contribution in [2.45, 2.75) is 0 Å². The Labute approximate surface area is 77.0 Å². The summed E-state index contributed by atoms with van der Waals surface area (Å²) in [4.78, 5) is 18.2. The Balaban J connectivity index is 2.76. The molecule has 66 valence electrons. The van der Waals surface area contributed by atoms with Gasteiger partial charge in [-0.2, -0.15) is 0 Å². The summed E-state index contributed by atoms with van der Waals surface area (Å²) in [6.07, 6.45) is 2.20. The van der Waals surface area contributed by atoms with Gasteiger partial charge in [0.1, 0.15) is 17.7 Å². The summed E-state index contributed by atoms with van der Waals surface area (Å²) >= 11 is 5.21. The molecular weight excluding hydrogens is 197 g/mol. The lowest BCUT2D eigenvalue weighted by Gasteiger charge is -1.93. The van der Waals surface area contributed by atoms with E-state index in [1.54, 1.807) is 0 Å². The smallest absolute Gasteiger partial charge is 0.255 e. The van der Waals surface area contributed by atoms with E-state index in [-0.39, 0.29) is 5.65 Å². The summed E-state index contributed by atoms with van der Waals surface area (Å²) in [7, 11) is 0. The van der Waals surface area contributed by atoms with Crippen molar-refractivity contribution in [2.75, 3.05) is 0 Å². The van der Waals surface area contributed by atoms with Crippen LogP contribution < -0.4 is 0 Å². The van der Waals surface area contributed by atoms with Crippen LogP contribution in [0.25, 0.3) is 11.2 Å². The van der Waals surface area contributed by atoms with E-state index in [0.717, 1.165) is 10.8 Å². The van der Waals surface area contributed by atoms with Gasteiger partial charge in [0.15, 0.2) is 5.65 Å². The molecule has 0 atom stereocenters. The Morgan fingerprint density at radius 1 is 1.54 bits per heavy atom. The maximum Gasteiger partial charge on any atom is 0.327 e. The Morgan fingerprint density at radius 3 is 3.00 bits per heavy atom. The molecule has 4 nitrogen and oxygen atoms in total. The first-order valence-corrected chi connectivity index (χ1v) is 3.75. The first kappa shape index (κ1) is 8.12. The molecule has 0 aliphatic heterocycles. The molecule has 2 rings (SSSR count). The first-order chi connectivity index (χ1) is 6.18. The van der Waals surface area contributed by atoms with E-state index in [9.17, 15) is 9.18 Å². The zero-order chi connectivity index (χ0) is 9.42. The fourth-order valence-corrected chi connectivity index (χ4v) is 1.13. The number of halogens is 2. The number of rotatable bonds is 0. The average molecular weight is 200 g/mol. The number of hydrogen-bond acceptors (Lipinski definition) is 3. The van der Waals surface area contributed by atoms with Crippen molar-refractivity contribution in [3.63, 3.8) is 0 Å². The highest BCUT2D eigenvalue weighted by atomic mass is 35.5.